The van der Waals surface area contributed by atoms with Crippen molar-refractivity contribution in [3.63, 3.8) is 0 Å². The minimum absolute atomic E-state index is 0.157. The summed E-state index contributed by atoms with van der Waals surface area (Å²) in [5.74, 6) is 0.440. The van der Waals surface area contributed by atoms with Gasteiger partial charge in [0.2, 0.25) is 0 Å². The molecule has 0 aromatic carbocycles. The first-order chi connectivity index (χ1) is 3.72. The van der Waals surface area contributed by atoms with E-state index in [0.717, 1.165) is 0 Å². The van der Waals surface area contributed by atoms with Gasteiger partial charge in [0.25, 0.3) is 0 Å². The number of nitrogens with two attached hydrogens (primary N) is 1. The van der Waals surface area contributed by atoms with Gasteiger partial charge in [-0.15, -0.1) is 0 Å². The van der Waals surface area contributed by atoms with Crippen molar-refractivity contribution in [3.05, 3.63) is 16.1 Å². The topological polar surface area (TPSA) is 72.0 Å². The first kappa shape index (κ1) is 4.96. The Morgan fingerprint density at radius 1 is 1.75 bits per heavy atom. The zero-order valence-electron chi connectivity index (χ0n) is 4.39. The Bertz CT molecular complexity index is 234. The molecule has 4 heteroatoms. The molecular weight excluding hydrogens is 108 g/mol. The Hall–Kier alpha value is -1.19. The van der Waals surface area contributed by atoms with Crippen LogP contribution in [0.1, 0.15) is 5.76 Å². The lowest BCUT2D eigenvalue weighted by Gasteiger charge is -1.76. The lowest BCUT2D eigenvalue weighted by atomic mass is 10.4. The molecule has 1 aromatic rings. The third kappa shape index (κ3) is 0.501. The van der Waals surface area contributed by atoms with Gasteiger partial charge < -0.3 is 10.3 Å². The van der Waals surface area contributed by atoms with Crippen molar-refractivity contribution in [2.75, 3.05) is 5.73 Å². The van der Waals surface area contributed by atoms with Crippen LogP contribution in [0.3, 0.4) is 0 Å². The molecular formula is C4H6N2O2. The molecule has 0 unspecified atom stereocenters. The number of nitrogen functional groups attached to an aromatic ring is 1. The van der Waals surface area contributed by atoms with Crippen molar-refractivity contribution < 1.29 is 4.52 Å². The Labute approximate surface area is 45.3 Å². The first-order valence-corrected chi connectivity index (χ1v) is 2.15. The number of anilines is 1. The quantitative estimate of drug-likeness (QED) is 0.493. The van der Waals surface area contributed by atoms with Crippen molar-refractivity contribution >= 4 is 5.69 Å². The Morgan fingerprint density at radius 3 is 2.50 bits per heavy atom. The third-order valence-electron chi connectivity index (χ3n) is 0.921. The van der Waals surface area contributed by atoms with Gasteiger partial charge in [0, 0.05) is 0 Å². The number of aromatic nitrogens is 1. The summed E-state index contributed by atoms with van der Waals surface area (Å²) in [6, 6.07) is 0. The standard InChI is InChI=1S/C4H6N2O2/c1-2-3(5)4(7)6-8-2/h5H2,1H3,(H,6,7). The molecule has 44 valence electrons. The molecule has 4 nitrogen and oxygen atoms in total. The highest BCUT2D eigenvalue weighted by Gasteiger charge is 1.99. The van der Waals surface area contributed by atoms with Crippen LogP contribution in [0.15, 0.2) is 9.32 Å². The van der Waals surface area contributed by atoms with Crippen molar-refractivity contribution in [2.45, 2.75) is 6.92 Å². The van der Waals surface area contributed by atoms with Crippen LogP contribution in [-0.2, 0) is 0 Å². The van der Waals surface area contributed by atoms with E-state index in [1.54, 1.807) is 6.92 Å². The predicted molar refractivity (Wildman–Crippen MR) is 28.5 cm³/mol. The number of rotatable bonds is 0. The summed E-state index contributed by atoms with van der Waals surface area (Å²) < 4.78 is 4.53. The van der Waals surface area contributed by atoms with E-state index < -0.39 is 0 Å². The molecule has 0 saturated heterocycles. The molecule has 8 heavy (non-hydrogen) atoms. The van der Waals surface area contributed by atoms with Crippen LogP contribution in [0.25, 0.3) is 0 Å². The first-order valence-electron chi connectivity index (χ1n) is 2.15. The fourth-order valence-corrected chi connectivity index (χ4v) is 0.393. The monoisotopic (exact) mass is 114 g/mol. The van der Waals surface area contributed by atoms with Crippen molar-refractivity contribution in [1.29, 1.82) is 0 Å². The maximum absolute atomic E-state index is 10.4. The average Bonchev–Trinajstić information content (AvgIpc) is 1.98. The average molecular weight is 114 g/mol. The van der Waals surface area contributed by atoms with Crippen molar-refractivity contribution in [3.8, 4) is 0 Å². The van der Waals surface area contributed by atoms with Crippen molar-refractivity contribution in [1.82, 2.24) is 5.16 Å². The summed E-state index contributed by atoms with van der Waals surface area (Å²) in [4.78, 5) is 10.4. The van der Waals surface area contributed by atoms with Crippen LogP contribution >= 0.6 is 0 Å². The van der Waals surface area contributed by atoms with Gasteiger partial charge in [-0.1, -0.05) is 0 Å². The molecule has 0 aliphatic rings. The van der Waals surface area contributed by atoms with Crippen LogP contribution in [0, 0.1) is 6.92 Å². The van der Waals surface area contributed by atoms with Crippen LogP contribution in [0.5, 0.6) is 0 Å². The zero-order valence-corrected chi connectivity index (χ0v) is 4.39. The molecule has 0 atom stereocenters. The van der Waals surface area contributed by atoms with E-state index in [0.29, 0.717) is 5.76 Å². The van der Waals surface area contributed by atoms with E-state index in [2.05, 4.69) is 9.68 Å². The molecule has 0 bridgehead atoms. The molecule has 3 N–H and O–H groups in total. The number of aromatic amines is 1. The number of hydrogen-bond acceptors (Lipinski definition) is 3. The Kier molecular flexibility index (Phi) is 0.865. The summed E-state index contributed by atoms with van der Waals surface area (Å²) in [6.07, 6.45) is 0. The molecule has 0 aliphatic heterocycles. The molecule has 0 aliphatic carbocycles. The SMILES string of the molecule is Cc1o[nH]c(=O)c1N. The van der Waals surface area contributed by atoms with E-state index in [4.69, 9.17) is 5.73 Å². The molecule has 0 amide bonds. The lowest BCUT2D eigenvalue weighted by molar-refractivity contribution is 0.392. The molecule has 0 spiro atoms. The van der Waals surface area contributed by atoms with Gasteiger partial charge >= 0.3 is 5.56 Å². The fraction of sp³-hybridized carbons (Fsp3) is 0.250. The normalized spacial score (nSPS) is 9.62. The van der Waals surface area contributed by atoms with Crippen molar-refractivity contribution in [2.24, 2.45) is 0 Å². The second-order valence-corrected chi connectivity index (χ2v) is 1.50. The van der Waals surface area contributed by atoms with Gasteiger partial charge in [0.15, 0.2) is 5.76 Å². The molecule has 1 rings (SSSR count). The number of H-pyrrole nitrogens is 1. The maximum Gasteiger partial charge on any atom is 0.303 e. The minimum Gasteiger partial charge on any atom is -0.391 e. The third-order valence-corrected chi connectivity index (χ3v) is 0.921. The van der Waals surface area contributed by atoms with Gasteiger partial charge in [-0.25, -0.2) is 0 Å². The van der Waals surface area contributed by atoms with Gasteiger partial charge in [-0.3, -0.25) is 4.79 Å². The smallest absolute Gasteiger partial charge is 0.303 e. The van der Waals surface area contributed by atoms with E-state index in [1.165, 1.54) is 0 Å². The summed E-state index contributed by atoms with van der Waals surface area (Å²) in [5.41, 5.74) is 4.96. The highest BCUT2D eigenvalue weighted by atomic mass is 16.5. The number of aryl methyl sites for hydroxylation is 1. The van der Waals surface area contributed by atoms with Crippen LogP contribution in [-0.4, -0.2) is 5.16 Å². The summed E-state index contributed by atoms with van der Waals surface area (Å²) in [5, 5.41) is 2.08. The molecule has 1 aromatic heterocycles. The van der Waals surface area contributed by atoms with Gasteiger partial charge in [-0.05, 0) is 6.92 Å². The Morgan fingerprint density at radius 2 is 2.38 bits per heavy atom. The van der Waals surface area contributed by atoms with E-state index in [-0.39, 0.29) is 11.2 Å². The zero-order chi connectivity index (χ0) is 6.15. The summed E-state index contributed by atoms with van der Waals surface area (Å²) in [7, 11) is 0. The number of nitrogens with one attached hydrogen (secondary N) is 1. The second kappa shape index (κ2) is 1.40. The molecule has 0 radical (unpaired) electrons. The lowest BCUT2D eigenvalue weighted by Crippen LogP contribution is -2.04. The van der Waals surface area contributed by atoms with E-state index >= 15 is 0 Å². The van der Waals surface area contributed by atoms with Gasteiger partial charge in [0.1, 0.15) is 5.69 Å². The highest BCUT2D eigenvalue weighted by molar-refractivity contribution is 5.36. The maximum atomic E-state index is 10.4. The molecule has 1 heterocycles. The van der Waals surface area contributed by atoms with Crippen LogP contribution < -0.4 is 11.3 Å². The minimum atomic E-state index is -0.359. The summed E-state index contributed by atoms with van der Waals surface area (Å²) in [6.45, 7) is 1.62. The van der Waals surface area contributed by atoms with Gasteiger partial charge in [-0.2, -0.15) is 5.16 Å². The van der Waals surface area contributed by atoms with E-state index in [1.807, 2.05) is 0 Å². The highest BCUT2D eigenvalue weighted by Crippen LogP contribution is 1.98. The molecule has 0 saturated carbocycles. The summed E-state index contributed by atoms with van der Waals surface area (Å²) >= 11 is 0. The largest absolute Gasteiger partial charge is 0.391 e. The second-order valence-electron chi connectivity index (χ2n) is 1.50. The number of hydrogen-bond donors (Lipinski definition) is 2. The van der Waals surface area contributed by atoms with Crippen LogP contribution in [0.4, 0.5) is 5.69 Å². The predicted octanol–water partition coefficient (Wildman–Crippen LogP) is -0.141. The van der Waals surface area contributed by atoms with Gasteiger partial charge in [0.05, 0.1) is 0 Å². The van der Waals surface area contributed by atoms with Crippen LogP contribution in [0.2, 0.25) is 0 Å². The molecule has 0 fully saturated rings. The Balaban J connectivity index is 3.41. The van der Waals surface area contributed by atoms with E-state index in [9.17, 15) is 4.79 Å². The fourth-order valence-electron chi connectivity index (χ4n) is 0.393.